The Morgan fingerprint density at radius 1 is 0.929 bits per heavy atom. The van der Waals surface area contributed by atoms with Gasteiger partial charge in [0.1, 0.15) is 6.10 Å². The number of aliphatic hydroxyl groups is 5. The fraction of sp³-hybridized carbons (Fsp3) is 1.00. The first-order valence-electron chi connectivity index (χ1n) is 4.01. The topological polar surface area (TPSA) is 118 Å². The number of aliphatic hydroxyl groups excluding tert-OH is 5. The summed E-state index contributed by atoms with van der Waals surface area (Å²) in [5.41, 5.74) is 0. The standard InChI is InChI=1S/C4H10O2.C3H8O3.O.Ti/c1-2-4(6)3-5;4-1-3(6)2-5;;/h4-6H,2-3H2,1H3;3-6H,1-2H2;;. The summed E-state index contributed by atoms with van der Waals surface area (Å²) in [6.45, 7) is 0.977. The van der Waals surface area contributed by atoms with Gasteiger partial charge in [-0.3, -0.25) is 0 Å². The minimum atomic E-state index is -0.954. The molecule has 1 atom stereocenters. The molecule has 0 bridgehead atoms. The van der Waals surface area contributed by atoms with Gasteiger partial charge < -0.3 is 25.5 Å². The van der Waals surface area contributed by atoms with Crippen molar-refractivity contribution >= 4 is 0 Å². The van der Waals surface area contributed by atoms with Gasteiger partial charge in [0.15, 0.2) is 0 Å². The molecule has 0 saturated heterocycles. The van der Waals surface area contributed by atoms with Gasteiger partial charge in [-0.15, -0.1) is 0 Å². The molecule has 6 nitrogen and oxygen atoms in total. The first-order chi connectivity index (χ1) is 6.62. The Bertz CT molecular complexity index is 76.2. The molecule has 0 heterocycles. The Kier molecular flexibility index (Phi) is 26.9. The Hall–Kier alpha value is 0.314. The van der Waals surface area contributed by atoms with Gasteiger partial charge >= 0.3 is 23.7 Å². The summed E-state index contributed by atoms with van der Waals surface area (Å²) in [6, 6.07) is 0. The molecule has 0 aliphatic heterocycles. The van der Waals surface area contributed by atoms with Crippen LogP contribution >= 0.6 is 0 Å². The molecular weight excluding hydrogens is 228 g/mol. The van der Waals surface area contributed by atoms with Gasteiger partial charge in [0.2, 0.25) is 0 Å². The molecule has 7 heteroatoms. The molecule has 5 N–H and O–H groups in total. The molecule has 14 heavy (non-hydrogen) atoms. The molecule has 0 fully saturated rings. The van der Waals surface area contributed by atoms with E-state index in [0.29, 0.717) is 6.42 Å². The van der Waals surface area contributed by atoms with Gasteiger partial charge in [-0.05, 0) is 6.42 Å². The van der Waals surface area contributed by atoms with E-state index < -0.39 is 12.2 Å². The molecule has 86 valence electrons. The number of rotatable bonds is 4. The number of hydrogen-bond acceptors (Lipinski definition) is 6. The van der Waals surface area contributed by atoms with Crippen LogP contribution in [0.25, 0.3) is 0 Å². The van der Waals surface area contributed by atoms with Crippen molar-refractivity contribution in [2.75, 3.05) is 19.8 Å². The fourth-order valence-corrected chi connectivity index (χ4v) is 0.187. The van der Waals surface area contributed by atoms with Crippen LogP contribution in [0, 0.1) is 0 Å². The van der Waals surface area contributed by atoms with Gasteiger partial charge in [0.05, 0.1) is 25.9 Å². The van der Waals surface area contributed by atoms with Crippen molar-refractivity contribution in [1.82, 2.24) is 0 Å². The summed E-state index contributed by atoms with van der Waals surface area (Å²) >= 11 is 0.750. The van der Waals surface area contributed by atoms with Crippen LogP contribution in [-0.2, 0) is 23.7 Å². The molecule has 0 rings (SSSR count). The van der Waals surface area contributed by atoms with Crippen LogP contribution in [0.1, 0.15) is 13.3 Å². The van der Waals surface area contributed by atoms with Crippen LogP contribution in [0.15, 0.2) is 0 Å². The van der Waals surface area contributed by atoms with Crippen molar-refractivity contribution in [2.24, 2.45) is 0 Å². The van der Waals surface area contributed by atoms with Crippen molar-refractivity contribution in [2.45, 2.75) is 25.6 Å². The van der Waals surface area contributed by atoms with E-state index in [0.717, 1.165) is 20.4 Å². The van der Waals surface area contributed by atoms with Crippen LogP contribution in [0.4, 0.5) is 0 Å². The summed E-state index contributed by atoms with van der Waals surface area (Å²) in [5, 5.41) is 40.5. The van der Waals surface area contributed by atoms with E-state index in [9.17, 15) is 0 Å². The van der Waals surface area contributed by atoms with E-state index in [1.807, 2.05) is 6.92 Å². The predicted molar refractivity (Wildman–Crippen MR) is 44.2 cm³/mol. The van der Waals surface area contributed by atoms with Crippen molar-refractivity contribution in [3.05, 3.63) is 0 Å². The third-order valence-electron chi connectivity index (χ3n) is 1.10. The summed E-state index contributed by atoms with van der Waals surface area (Å²) in [6.07, 6.45) is -0.828. The van der Waals surface area contributed by atoms with Crippen LogP contribution in [0.3, 0.4) is 0 Å². The van der Waals surface area contributed by atoms with Crippen LogP contribution in [0.5, 0.6) is 0 Å². The summed E-state index contributed by atoms with van der Waals surface area (Å²) in [4.78, 5) is 0. The van der Waals surface area contributed by atoms with E-state index in [4.69, 9.17) is 28.9 Å². The van der Waals surface area contributed by atoms with E-state index >= 15 is 0 Å². The van der Waals surface area contributed by atoms with Gasteiger partial charge in [-0.25, -0.2) is 0 Å². The molecule has 0 aliphatic carbocycles. The molecule has 0 saturated carbocycles. The third kappa shape index (κ3) is 22.8. The molecule has 0 radical (unpaired) electrons. The maximum atomic E-state index is 8.42. The van der Waals surface area contributed by atoms with Crippen LogP contribution in [-0.4, -0.2) is 57.6 Å². The van der Waals surface area contributed by atoms with E-state index in [1.54, 1.807) is 0 Å². The normalized spacial score (nSPS) is 10.7. The van der Waals surface area contributed by atoms with Crippen molar-refractivity contribution in [3.63, 3.8) is 0 Å². The molecular formula is C7H18O6Ti. The molecule has 0 aromatic heterocycles. The van der Waals surface area contributed by atoms with Gasteiger partial charge in [-0.2, -0.15) is 0 Å². The SMILES string of the molecule is CCC(O)CO.OCC(O)CO.[O]=[Ti]. The Morgan fingerprint density at radius 3 is 1.21 bits per heavy atom. The van der Waals surface area contributed by atoms with Crippen molar-refractivity contribution in [3.8, 4) is 0 Å². The quantitative estimate of drug-likeness (QED) is 0.365. The molecule has 0 aliphatic rings. The molecule has 0 aromatic rings. The van der Waals surface area contributed by atoms with Crippen LogP contribution in [0.2, 0.25) is 0 Å². The minimum absolute atomic E-state index is 0.115. The zero-order valence-electron chi connectivity index (χ0n) is 8.13. The summed E-state index contributed by atoms with van der Waals surface area (Å²) in [7, 11) is 0. The predicted octanol–water partition coefficient (Wildman–Crippen LogP) is -2.04. The van der Waals surface area contributed by atoms with Crippen molar-refractivity contribution in [1.29, 1.82) is 0 Å². The molecule has 0 amide bonds. The third-order valence-corrected chi connectivity index (χ3v) is 1.10. The maximum absolute atomic E-state index is 8.42. The van der Waals surface area contributed by atoms with Gasteiger partial charge in [-0.1, -0.05) is 6.92 Å². The second-order valence-corrected chi connectivity index (χ2v) is 2.26. The first kappa shape index (κ1) is 19.8. The van der Waals surface area contributed by atoms with E-state index in [1.165, 1.54) is 0 Å². The zero-order chi connectivity index (χ0) is 12.0. The fourth-order valence-electron chi connectivity index (χ4n) is 0.187. The Morgan fingerprint density at radius 2 is 1.21 bits per heavy atom. The van der Waals surface area contributed by atoms with Gasteiger partial charge in [0.25, 0.3) is 0 Å². The average Bonchev–Trinajstić information content (AvgIpc) is 2.30. The van der Waals surface area contributed by atoms with Crippen LogP contribution < -0.4 is 0 Å². The molecule has 0 aromatic carbocycles. The Balaban J connectivity index is -0.000000147. The first-order valence-corrected chi connectivity index (χ1v) is 4.65. The van der Waals surface area contributed by atoms with E-state index in [2.05, 4.69) is 0 Å². The summed E-state index contributed by atoms with van der Waals surface area (Å²) < 4.78 is 8.25. The van der Waals surface area contributed by atoms with E-state index in [-0.39, 0.29) is 19.8 Å². The number of hydrogen-bond donors (Lipinski definition) is 5. The Labute approximate surface area is 94.9 Å². The second-order valence-electron chi connectivity index (χ2n) is 2.26. The second kappa shape index (κ2) is 19.0. The molecule has 1 unspecified atom stereocenters. The molecule has 0 spiro atoms. The van der Waals surface area contributed by atoms with Gasteiger partial charge in [0, 0.05) is 0 Å². The average molecular weight is 246 g/mol. The summed E-state index contributed by atoms with van der Waals surface area (Å²) in [5.74, 6) is 0. The van der Waals surface area contributed by atoms with Crippen molar-refractivity contribution < 1.29 is 49.3 Å². The zero-order valence-corrected chi connectivity index (χ0v) is 9.69. The monoisotopic (exact) mass is 246 g/mol.